The van der Waals surface area contributed by atoms with Crippen molar-refractivity contribution in [3.63, 3.8) is 0 Å². The van der Waals surface area contributed by atoms with Crippen LogP contribution in [0.2, 0.25) is 5.02 Å². The van der Waals surface area contributed by atoms with Crippen molar-refractivity contribution in [1.29, 1.82) is 0 Å². The molecule has 0 bridgehead atoms. The number of benzene rings is 1. The lowest BCUT2D eigenvalue weighted by molar-refractivity contribution is -0.121. The number of anilines is 1. The SMILES string of the molecule is O=C(Cc1ccccn1)NCC[C@H]1CC[C@H](NC(=O)Nc2ccc(Cl)cc2)[C@H](CO)O1. The van der Waals surface area contributed by atoms with E-state index in [1.807, 2.05) is 18.2 Å². The molecule has 8 nitrogen and oxygen atoms in total. The van der Waals surface area contributed by atoms with Crippen LogP contribution < -0.4 is 16.0 Å². The minimum atomic E-state index is -0.501. The summed E-state index contributed by atoms with van der Waals surface area (Å²) in [4.78, 5) is 28.4. The third-order valence-electron chi connectivity index (χ3n) is 5.07. The number of amides is 3. The van der Waals surface area contributed by atoms with Gasteiger partial charge >= 0.3 is 6.03 Å². The number of nitrogens with zero attached hydrogens (tertiary/aromatic N) is 1. The van der Waals surface area contributed by atoms with E-state index in [9.17, 15) is 14.7 Å². The van der Waals surface area contributed by atoms with Crippen LogP contribution in [0, 0.1) is 0 Å². The fourth-order valence-electron chi connectivity index (χ4n) is 3.48. The molecular weight excluding hydrogens is 420 g/mol. The highest BCUT2D eigenvalue weighted by Gasteiger charge is 2.31. The van der Waals surface area contributed by atoms with Crippen LogP contribution >= 0.6 is 11.6 Å². The van der Waals surface area contributed by atoms with Crippen LogP contribution in [0.25, 0.3) is 0 Å². The number of ether oxygens (including phenoxy) is 1. The molecule has 1 aromatic heterocycles. The Morgan fingerprint density at radius 2 is 1.97 bits per heavy atom. The average Bonchev–Trinajstić information content (AvgIpc) is 2.77. The Balaban J connectivity index is 1.39. The Morgan fingerprint density at radius 1 is 1.16 bits per heavy atom. The molecule has 0 spiro atoms. The third kappa shape index (κ3) is 7.50. The fourth-order valence-corrected chi connectivity index (χ4v) is 3.61. The first-order chi connectivity index (χ1) is 15.0. The number of urea groups is 1. The highest BCUT2D eigenvalue weighted by molar-refractivity contribution is 6.30. The van der Waals surface area contributed by atoms with E-state index in [0.717, 1.165) is 12.1 Å². The van der Waals surface area contributed by atoms with Gasteiger partial charge in [-0.2, -0.15) is 0 Å². The van der Waals surface area contributed by atoms with Gasteiger partial charge in [0.1, 0.15) is 6.10 Å². The molecule has 166 valence electrons. The number of hydrogen-bond acceptors (Lipinski definition) is 5. The highest BCUT2D eigenvalue weighted by Crippen LogP contribution is 2.22. The summed E-state index contributed by atoms with van der Waals surface area (Å²) in [5.74, 6) is -0.0911. The lowest BCUT2D eigenvalue weighted by Gasteiger charge is -2.36. The van der Waals surface area contributed by atoms with E-state index in [1.165, 1.54) is 0 Å². The molecule has 0 radical (unpaired) electrons. The Kier molecular flexibility index (Phi) is 8.63. The van der Waals surface area contributed by atoms with Crippen LogP contribution in [0.1, 0.15) is 25.0 Å². The van der Waals surface area contributed by atoms with Crippen molar-refractivity contribution in [2.75, 3.05) is 18.5 Å². The van der Waals surface area contributed by atoms with Gasteiger partial charge in [-0.15, -0.1) is 0 Å². The van der Waals surface area contributed by atoms with Gasteiger partial charge in [-0.3, -0.25) is 9.78 Å². The topological polar surface area (TPSA) is 113 Å². The lowest BCUT2D eigenvalue weighted by Crippen LogP contribution is -2.52. The molecule has 4 N–H and O–H groups in total. The number of rotatable bonds is 8. The Labute approximate surface area is 186 Å². The maximum absolute atomic E-state index is 12.3. The quantitative estimate of drug-likeness (QED) is 0.497. The van der Waals surface area contributed by atoms with E-state index in [-0.39, 0.29) is 37.1 Å². The second-order valence-electron chi connectivity index (χ2n) is 7.40. The molecule has 1 fully saturated rings. The van der Waals surface area contributed by atoms with Crippen molar-refractivity contribution in [3.05, 3.63) is 59.4 Å². The molecule has 2 aromatic rings. The zero-order valence-corrected chi connectivity index (χ0v) is 17.8. The number of aliphatic hydroxyl groups is 1. The van der Waals surface area contributed by atoms with Crippen LogP contribution in [0.4, 0.5) is 10.5 Å². The standard InChI is InChI=1S/C22H27ClN4O4/c23-15-4-6-16(7-5-15)26-22(30)27-19-9-8-18(31-20(19)14-28)10-12-25-21(29)13-17-3-1-2-11-24-17/h1-7,11,18-20,28H,8-10,12-14H2,(H,25,29)(H2,26,27,30)/t18-,19+,20+/m1/s1. The molecule has 3 amide bonds. The summed E-state index contributed by atoms with van der Waals surface area (Å²) in [6.45, 7) is 0.276. The molecule has 1 aliphatic rings. The molecule has 3 atom stereocenters. The van der Waals surface area contributed by atoms with Gasteiger partial charge in [0.15, 0.2) is 0 Å². The van der Waals surface area contributed by atoms with E-state index in [0.29, 0.717) is 30.1 Å². The number of aliphatic hydroxyl groups excluding tert-OH is 1. The van der Waals surface area contributed by atoms with Gasteiger partial charge in [-0.05, 0) is 55.7 Å². The van der Waals surface area contributed by atoms with Crippen molar-refractivity contribution in [1.82, 2.24) is 15.6 Å². The summed E-state index contributed by atoms with van der Waals surface area (Å²) in [5.41, 5.74) is 1.35. The van der Waals surface area contributed by atoms with E-state index in [4.69, 9.17) is 16.3 Å². The summed E-state index contributed by atoms with van der Waals surface area (Å²) in [7, 11) is 0. The number of carbonyl (C=O) groups is 2. The van der Waals surface area contributed by atoms with Crippen molar-refractivity contribution in [2.24, 2.45) is 0 Å². The third-order valence-corrected chi connectivity index (χ3v) is 5.32. The number of aromatic nitrogens is 1. The van der Waals surface area contributed by atoms with Crippen LogP contribution in [0.3, 0.4) is 0 Å². The Morgan fingerprint density at radius 3 is 2.68 bits per heavy atom. The van der Waals surface area contributed by atoms with Crippen LogP contribution in [0.5, 0.6) is 0 Å². The van der Waals surface area contributed by atoms with Crippen molar-refractivity contribution in [2.45, 2.75) is 43.9 Å². The number of hydrogen-bond donors (Lipinski definition) is 4. The molecule has 31 heavy (non-hydrogen) atoms. The van der Waals surface area contributed by atoms with Gasteiger partial charge < -0.3 is 25.8 Å². The lowest BCUT2D eigenvalue weighted by atomic mass is 9.97. The van der Waals surface area contributed by atoms with Gasteiger partial charge in [-0.25, -0.2) is 4.79 Å². The van der Waals surface area contributed by atoms with Gasteiger partial charge in [0.05, 0.1) is 25.2 Å². The average molecular weight is 447 g/mol. The molecule has 0 saturated carbocycles. The minimum Gasteiger partial charge on any atom is -0.394 e. The molecule has 2 heterocycles. The maximum atomic E-state index is 12.3. The summed E-state index contributed by atoms with van der Waals surface area (Å²) < 4.78 is 5.94. The predicted molar refractivity (Wildman–Crippen MR) is 118 cm³/mol. The minimum absolute atomic E-state index is 0.0911. The van der Waals surface area contributed by atoms with Crippen molar-refractivity contribution >= 4 is 29.2 Å². The number of halogens is 1. The van der Waals surface area contributed by atoms with Crippen molar-refractivity contribution < 1.29 is 19.4 Å². The summed E-state index contributed by atoms with van der Waals surface area (Å²) >= 11 is 5.85. The second kappa shape index (κ2) is 11.6. The van der Waals surface area contributed by atoms with Crippen LogP contribution in [-0.2, 0) is 16.0 Å². The fraction of sp³-hybridized carbons (Fsp3) is 0.409. The number of carbonyl (C=O) groups excluding carboxylic acids is 2. The zero-order chi connectivity index (χ0) is 22.1. The first-order valence-corrected chi connectivity index (χ1v) is 10.7. The van der Waals surface area contributed by atoms with E-state index in [1.54, 1.807) is 30.5 Å². The molecule has 3 rings (SSSR count). The maximum Gasteiger partial charge on any atom is 0.319 e. The second-order valence-corrected chi connectivity index (χ2v) is 7.84. The first-order valence-electron chi connectivity index (χ1n) is 10.3. The zero-order valence-electron chi connectivity index (χ0n) is 17.1. The van der Waals surface area contributed by atoms with Gasteiger partial charge in [0, 0.05) is 29.1 Å². The van der Waals surface area contributed by atoms with Gasteiger partial charge in [-0.1, -0.05) is 17.7 Å². The first kappa shape index (κ1) is 23.0. The monoisotopic (exact) mass is 446 g/mol. The summed E-state index contributed by atoms with van der Waals surface area (Å²) in [6, 6.07) is 11.6. The highest BCUT2D eigenvalue weighted by atomic mass is 35.5. The molecule has 9 heteroatoms. The molecule has 0 unspecified atom stereocenters. The molecule has 1 saturated heterocycles. The Bertz CT molecular complexity index is 850. The van der Waals surface area contributed by atoms with E-state index >= 15 is 0 Å². The predicted octanol–water partition coefficient (Wildman–Crippen LogP) is 2.51. The summed E-state index contributed by atoms with van der Waals surface area (Å²) in [5, 5.41) is 18.8. The molecule has 1 aliphatic heterocycles. The van der Waals surface area contributed by atoms with Crippen LogP contribution in [0.15, 0.2) is 48.7 Å². The molecular formula is C22H27ClN4O4. The Hall–Kier alpha value is -2.68. The number of nitrogens with one attached hydrogen (secondary N) is 3. The van der Waals surface area contributed by atoms with Gasteiger partial charge in [0.2, 0.25) is 5.91 Å². The van der Waals surface area contributed by atoms with Gasteiger partial charge in [0.25, 0.3) is 0 Å². The normalized spacial score (nSPS) is 20.6. The number of pyridine rings is 1. The smallest absolute Gasteiger partial charge is 0.319 e. The summed E-state index contributed by atoms with van der Waals surface area (Å²) in [6.07, 6.45) is 3.33. The molecule has 1 aromatic carbocycles. The van der Waals surface area contributed by atoms with Crippen molar-refractivity contribution in [3.8, 4) is 0 Å². The molecule has 0 aliphatic carbocycles. The van der Waals surface area contributed by atoms with E-state index in [2.05, 4.69) is 20.9 Å². The van der Waals surface area contributed by atoms with Crippen LogP contribution in [-0.4, -0.2) is 53.4 Å². The largest absolute Gasteiger partial charge is 0.394 e. The van der Waals surface area contributed by atoms with E-state index < -0.39 is 6.10 Å².